The zero-order valence-electron chi connectivity index (χ0n) is 35.8. The van der Waals surface area contributed by atoms with Gasteiger partial charge in [0, 0.05) is 22.7 Å². The summed E-state index contributed by atoms with van der Waals surface area (Å²) in [6.07, 6.45) is 0. The third kappa shape index (κ3) is 6.45. The maximum atomic E-state index is 2.46. The molecule has 0 heterocycles. The molecule has 0 unspecified atom stereocenters. The van der Waals surface area contributed by atoms with Crippen LogP contribution >= 0.6 is 0 Å². The van der Waals surface area contributed by atoms with Crippen LogP contribution in [0, 0.1) is 27.7 Å². The summed E-state index contributed by atoms with van der Waals surface area (Å²) in [5, 5.41) is 5.02. The second-order valence-corrected chi connectivity index (χ2v) is 18.6. The average molecular weight is 755 g/mol. The van der Waals surface area contributed by atoms with Crippen molar-refractivity contribution in [3.8, 4) is 22.3 Å². The van der Waals surface area contributed by atoms with Crippen LogP contribution in [0.2, 0.25) is 0 Å². The summed E-state index contributed by atoms with van der Waals surface area (Å²) >= 11 is 0. The summed E-state index contributed by atoms with van der Waals surface area (Å²) in [4.78, 5) is 4.91. The Morgan fingerprint density at radius 3 is 0.966 bits per heavy atom. The van der Waals surface area contributed by atoms with Gasteiger partial charge in [0.2, 0.25) is 0 Å². The molecule has 0 fully saturated rings. The van der Waals surface area contributed by atoms with E-state index in [1.165, 1.54) is 111 Å². The molecule has 8 aromatic carbocycles. The number of benzene rings is 8. The number of fused-ring (bicyclic) bond motifs is 6. The summed E-state index contributed by atoms with van der Waals surface area (Å²) in [5.74, 6) is 0. The molecule has 58 heavy (non-hydrogen) atoms. The Kier molecular flexibility index (Phi) is 8.89. The van der Waals surface area contributed by atoms with Crippen LogP contribution in [-0.2, 0) is 10.8 Å². The molecule has 0 N–H and O–H groups in total. The molecule has 2 heteroatoms. The molecule has 288 valence electrons. The van der Waals surface area contributed by atoms with Crippen molar-refractivity contribution >= 4 is 55.7 Å². The summed E-state index contributed by atoms with van der Waals surface area (Å²) in [7, 11) is 0. The minimum atomic E-state index is 0.0463. The van der Waals surface area contributed by atoms with Gasteiger partial charge in [-0.15, -0.1) is 0 Å². The fourth-order valence-electron chi connectivity index (χ4n) is 9.03. The van der Waals surface area contributed by atoms with Crippen molar-refractivity contribution in [1.29, 1.82) is 0 Å². The van der Waals surface area contributed by atoms with Crippen molar-refractivity contribution in [2.75, 3.05) is 9.80 Å². The van der Waals surface area contributed by atoms with E-state index in [1.807, 2.05) is 0 Å². The van der Waals surface area contributed by atoms with Crippen LogP contribution < -0.4 is 9.80 Å². The summed E-state index contributed by atoms with van der Waals surface area (Å²) < 4.78 is 0. The topological polar surface area (TPSA) is 6.48 Å². The van der Waals surface area contributed by atoms with Crippen molar-refractivity contribution < 1.29 is 0 Å². The molecule has 0 aliphatic heterocycles. The second-order valence-electron chi connectivity index (χ2n) is 18.6. The minimum Gasteiger partial charge on any atom is -0.310 e. The van der Waals surface area contributed by atoms with Gasteiger partial charge < -0.3 is 9.80 Å². The highest BCUT2D eigenvalue weighted by Crippen LogP contribution is 2.52. The van der Waals surface area contributed by atoms with E-state index in [1.54, 1.807) is 0 Å². The lowest BCUT2D eigenvalue weighted by molar-refractivity contribution is 0.590. The Morgan fingerprint density at radius 2 is 0.621 bits per heavy atom. The lowest BCUT2D eigenvalue weighted by atomic mass is 9.78. The quantitative estimate of drug-likeness (QED) is 0.167. The van der Waals surface area contributed by atoms with Crippen LogP contribution in [0.4, 0.5) is 34.1 Å². The Bertz CT molecular complexity index is 2660. The standard InChI is InChI=1S/C56H54N2/c1-35-15-11-16-36(2)53(35)57(45-21-13-19-43(33-45)55(5,6)7)47-25-23-39-29-49-51(31-41(39)27-47)50-30-40-24-26-48(28-42(40)32-52(49)50)58(54-37(3)17-12-18-38(54)4)46-22-14-20-44(34-46)56(8,9)10/h11-34H,1-10H3. The average Bonchev–Trinajstić information content (AvgIpc) is 3.18. The van der Waals surface area contributed by atoms with Gasteiger partial charge in [0.15, 0.2) is 0 Å². The Labute approximate surface area is 345 Å². The zero-order chi connectivity index (χ0) is 40.7. The van der Waals surface area contributed by atoms with E-state index in [2.05, 4.69) is 225 Å². The van der Waals surface area contributed by atoms with E-state index in [0.717, 1.165) is 0 Å². The highest BCUT2D eigenvalue weighted by molar-refractivity contribution is 6.12. The molecule has 8 aromatic rings. The van der Waals surface area contributed by atoms with Crippen LogP contribution in [0.15, 0.2) is 146 Å². The number of anilines is 6. The number of para-hydroxylation sites is 2. The molecular formula is C56H54N2. The lowest BCUT2D eigenvalue weighted by Crippen LogP contribution is -2.16. The second kappa shape index (κ2) is 13.8. The Hall–Kier alpha value is -6.12. The fourth-order valence-corrected chi connectivity index (χ4v) is 9.03. The van der Waals surface area contributed by atoms with E-state index < -0.39 is 0 Å². The molecule has 9 rings (SSSR count). The highest BCUT2D eigenvalue weighted by atomic mass is 15.2. The van der Waals surface area contributed by atoms with Crippen LogP contribution in [0.3, 0.4) is 0 Å². The van der Waals surface area contributed by atoms with Crippen LogP contribution in [-0.4, -0.2) is 0 Å². The fraction of sp³-hybridized carbons (Fsp3) is 0.214. The Balaban J connectivity index is 1.13. The van der Waals surface area contributed by atoms with Gasteiger partial charge in [-0.05, 0) is 189 Å². The summed E-state index contributed by atoms with van der Waals surface area (Å²) in [6.45, 7) is 22.6. The first-order valence-electron chi connectivity index (χ1n) is 20.8. The van der Waals surface area contributed by atoms with Gasteiger partial charge in [-0.3, -0.25) is 0 Å². The van der Waals surface area contributed by atoms with Crippen LogP contribution in [0.5, 0.6) is 0 Å². The molecule has 0 saturated heterocycles. The third-order valence-corrected chi connectivity index (χ3v) is 12.3. The van der Waals surface area contributed by atoms with Crippen molar-refractivity contribution in [3.05, 3.63) is 179 Å². The first kappa shape index (κ1) is 37.5. The van der Waals surface area contributed by atoms with Gasteiger partial charge in [0.05, 0.1) is 11.4 Å². The van der Waals surface area contributed by atoms with Crippen LogP contribution in [0.1, 0.15) is 74.9 Å². The molecule has 2 nitrogen and oxygen atoms in total. The van der Waals surface area contributed by atoms with Gasteiger partial charge in [0.25, 0.3) is 0 Å². The maximum absolute atomic E-state index is 2.46. The van der Waals surface area contributed by atoms with Crippen LogP contribution in [0.25, 0.3) is 43.8 Å². The predicted octanol–water partition coefficient (Wildman–Crippen LogP) is 16.4. The molecule has 0 radical (unpaired) electrons. The van der Waals surface area contributed by atoms with Gasteiger partial charge in [0.1, 0.15) is 0 Å². The van der Waals surface area contributed by atoms with E-state index in [9.17, 15) is 0 Å². The maximum Gasteiger partial charge on any atom is 0.0519 e. The van der Waals surface area contributed by atoms with Crippen molar-refractivity contribution in [2.24, 2.45) is 0 Å². The monoisotopic (exact) mass is 754 g/mol. The number of aryl methyl sites for hydroxylation is 4. The number of hydrogen-bond acceptors (Lipinski definition) is 2. The molecule has 0 spiro atoms. The molecular weight excluding hydrogens is 701 g/mol. The van der Waals surface area contributed by atoms with Crippen molar-refractivity contribution in [1.82, 2.24) is 0 Å². The molecule has 0 amide bonds. The molecule has 0 bridgehead atoms. The van der Waals surface area contributed by atoms with Crippen molar-refractivity contribution in [2.45, 2.75) is 80.1 Å². The van der Waals surface area contributed by atoms with E-state index in [0.29, 0.717) is 0 Å². The van der Waals surface area contributed by atoms with E-state index >= 15 is 0 Å². The summed E-state index contributed by atoms with van der Waals surface area (Å²) in [6, 6.07) is 55.0. The molecule has 0 saturated carbocycles. The van der Waals surface area contributed by atoms with Gasteiger partial charge in [-0.1, -0.05) is 114 Å². The molecule has 1 aliphatic carbocycles. The molecule has 0 aromatic heterocycles. The first-order valence-corrected chi connectivity index (χ1v) is 20.8. The van der Waals surface area contributed by atoms with Gasteiger partial charge in [-0.2, -0.15) is 0 Å². The van der Waals surface area contributed by atoms with E-state index in [4.69, 9.17) is 0 Å². The van der Waals surface area contributed by atoms with Gasteiger partial charge in [-0.25, -0.2) is 0 Å². The SMILES string of the molecule is Cc1cccc(C)c1N(c1cccc(C(C)(C)C)c1)c1ccc2cc3c(cc2c1)-c1cc2ccc(N(c4cccc(C(C)(C)C)c4)c4c(C)cccc4C)cc2cc1-3. The van der Waals surface area contributed by atoms with Gasteiger partial charge >= 0.3 is 0 Å². The minimum absolute atomic E-state index is 0.0463. The Morgan fingerprint density at radius 1 is 0.310 bits per heavy atom. The normalized spacial score (nSPS) is 12.3. The largest absolute Gasteiger partial charge is 0.310 e. The highest BCUT2D eigenvalue weighted by Gasteiger charge is 2.26. The first-order chi connectivity index (χ1) is 27.7. The number of hydrogen-bond donors (Lipinski definition) is 0. The molecule has 1 aliphatic rings. The lowest BCUT2D eigenvalue weighted by Gasteiger charge is -2.31. The third-order valence-electron chi connectivity index (χ3n) is 12.3. The van der Waals surface area contributed by atoms with Crippen molar-refractivity contribution in [3.63, 3.8) is 0 Å². The smallest absolute Gasteiger partial charge is 0.0519 e. The molecule has 0 atom stereocenters. The zero-order valence-corrected chi connectivity index (χ0v) is 35.8. The van der Waals surface area contributed by atoms with E-state index in [-0.39, 0.29) is 10.8 Å². The number of rotatable bonds is 6. The predicted molar refractivity (Wildman–Crippen MR) is 252 cm³/mol. The number of nitrogens with zero attached hydrogens (tertiary/aromatic N) is 2. The summed E-state index contributed by atoms with van der Waals surface area (Å²) in [5.41, 5.74) is 20.3.